The molecule has 0 amide bonds. The summed E-state index contributed by atoms with van der Waals surface area (Å²) in [7, 11) is 3.87. The van der Waals surface area contributed by atoms with Gasteiger partial charge in [-0.2, -0.15) is 5.92 Å². The summed E-state index contributed by atoms with van der Waals surface area (Å²) in [6, 6.07) is 0.0116. The normalized spacial score (nSPS) is 15.1. The molecule has 0 aromatic rings. The van der Waals surface area contributed by atoms with Crippen LogP contribution in [0.1, 0.15) is 20.8 Å². The number of hydrogen-bond acceptors (Lipinski definition) is 2. The van der Waals surface area contributed by atoms with Crippen molar-refractivity contribution in [1.29, 1.82) is 0 Å². The van der Waals surface area contributed by atoms with Crippen molar-refractivity contribution >= 4 is 5.78 Å². The Hall–Kier alpha value is 0.903. The first-order valence-electron chi connectivity index (χ1n) is 4.38. The summed E-state index contributed by atoms with van der Waals surface area (Å²) in [5.74, 6) is 0.849. The van der Waals surface area contributed by atoms with Crippen LogP contribution in [0, 0.1) is 26.2 Å². The molecule has 0 fully saturated rings. The number of Topliss-reactive ketones (excluding diaryl/α,β-unsaturated/α-hetero) is 1. The average Bonchev–Trinajstić information content (AvgIpc) is 1.85. The number of hydrogen-bond donors (Lipinski definition) is 0. The maximum absolute atomic E-state index is 11.3. The van der Waals surface area contributed by atoms with Crippen LogP contribution in [0.3, 0.4) is 0 Å². The van der Waals surface area contributed by atoms with Crippen molar-refractivity contribution in [3.05, 3.63) is 14.4 Å². The molecule has 1 radical (unpaired) electrons. The number of likely N-dealkylation sites (N-methyl/N-ethyl adjacent to an activating group) is 1. The van der Waals surface area contributed by atoms with Crippen LogP contribution in [-0.4, -0.2) is 30.8 Å². The maximum atomic E-state index is 11.3. The zero-order valence-corrected chi connectivity index (χ0v) is 15.0. The molecule has 3 unspecified atom stereocenters. The molecule has 0 aliphatic heterocycles. The summed E-state index contributed by atoms with van der Waals surface area (Å²) >= 11 is 0. The largest absolute Gasteiger partial charge is 0.358 e. The van der Waals surface area contributed by atoms with Crippen LogP contribution >= 0.6 is 0 Å². The second kappa shape index (κ2) is 11.4. The molecule has 0 aliphatic rings. The molecule has 0 saturated carbocycles. The van der Waals surface area contributed by atoms with Crippen LogP contribution in [0.2, 0.25) is 0 Å². The summed E-state index contributed by atoms with van der Waals surface area (Å²) in [6.07, 6.45) is 0. The fourth-order valence-corrected chi connectivity index (χ4v) is 1.52. The topological polar surface area (TPSA) is 20.3 Å². The van der Waals surface area contributed by atoms with Gasteiger partial charge >= 0.3 is 0 Å². The van der Waals surface area contributed by atoms with E-state index in [1.807, 2.05) is 25.9 Å². The predicted molar refractivity (Wildman–Crippen MR) is 58.3 cm³/mol. The molecule has 0 N–H and O–H groups in total. The van der Waals surface area contributed by atoms with E-state index in [9.17, 15) is 4.79 Å². The van der Waals surface area contributed by atoms with E-state index in [4.69, 9.17) is 0 Å². The Morgan fingerprint density at radius 2 is 1.60 bits per heavy atom. The van der Waals surface area contributed by atoms with Crippen molar-refractivity contribution in [1.82, 2.24) is 4.90 Å². The predicted octanol–water partition coefficient (Wildman–Crippen LogP) is 2.06. The summed E-state index contributed by atoms with van der Waals surface area (Å²) in [5.41, 5.74) is 0. The van der Waals surface area contributed by atoms with Gasteiger partial charge in [-0.3, -0.25) is 9.69 Å². The van der Waals surface area contributed by atoms with Gasteiger partial charge < -0.3 is 14.4 Å². The maximum Gasteiger partial charge on any atom is 0.147 e. The van der Waals surface area contributed by atoms with Crippen molar-refractivity contribution in [2.45, 2.75) is 26.8 Å². The Morgan fingerprint density at radius 1 is 1.27 bits per heavy atom. The number of carbonyl (C=O) groups excluding carboxylic acids is 1. The quantitative estimate of drug-likeness (QED) is 0.650. The molecule has 0 heterocycles. The van der Waals surface area contributed by atoms with Gasteiger partial charge in [-0.15, -0.1) is 0 Å². The second-order valence-electron chi connectivity index (χ2n) is 3.86. The van der Waals surface area contributed by atoms with Gasteiger partial charge in [-0.05, 0) is 26.9 Å². The van der Waals surface area contributed by atoms with Crippen molar-refractivity contribution in [2.75, 3.05) is 14.1 Å². The van der Waals surface area contributed by atoms with Crippen LogP contribution in [0.15, 0.2) is 0 Å². The molecule has 0 bridgehead atoms. The van der Waals surface area contributed by atoms with Crippen LogP contribution in [0.5, 0.6) is 0 Å². The van der Waals surface area contributed by atoms with E-state index in [0.29, 0.717) is 11.8 Å². The van der Waals surface area contributed by atoms with Gasteiger partial charge in [0.1, 0.15) is 5.78 Å². The van der Waals surface area contributed by atoms with Crippen molar-refractivity contribution < 1.29 is 44.4 Å². The van der Waals surface area contributed by atoms with Crippen LogP contribution in [-0.2, 0) is 44.4 Å². The van der Waals surface area contributed by atoms with E-state index in [1.54, 1.807) is 6.92 Å². The number of carbonyl (C=O) groups is 1. The first-order valence-corrected chi connectivity index (χ1v) is 4.38. The summed E-state index contributed by atoms with van der Waals surface area (Å²) in [6.45, 7) is 9.71. The molecule has 91 valence electrons. The van der Waals surface area contributed by atoms with E-state index in [0.717, 1.165) is 0 Å². The summed E-state index contributed by atoms with van der Waals surface area (Å²) in [5, 5.41) is 0. The van der Waals surface area contributed by atoms with Gasteiger partial charge in [-0.1, -0.05) is 13.8 Å². The minimum Gasteiger partial charge on any atom is -0.358 e. The molecule has 0 spiro atoms. The Morgan fingerprint density at radius 3 is 1.67 bits per heavy atom. The Bertz CT molecular complexity index is 163. The molecule has 15 heavy (non-hydrogen) atoms. The smallest absolute Gasteiger partial charge is 0.147 e. The van der Waals surface area contributed by atoms with Gasteiger partial charge in [0.2, 0.25) is 0 Å². The fourth-order valence-electron chi connectivity index (χ4n) is 1.52. The van der Waals surface area contributed by atoms with Crippen LogP contribution in [0.25, 0.3) is 0 Å². The van der Waals surface area contributed by atoms with E-state index >= 15 is 0 Å². The Balaban J connectivity index is -0.000000202. The Kier molecular flexibility index (Phi) is 18.9. The molecule has 0 aliphatic carbocycles. The zero-order chi connectivity index (χ0) is 9.89. The summed E-state index contributed by atoms with van der Waals surface area (Å²) < 4.78 is 0. The third-order valence-corrected chi connectivity index (χ3v) is 2.37. The van der Waals surface area contributed by atoms with Crippen molar-refractivity contribution in [3.63, 3.8) is 0 Å². The standard InChI is InChI=1S/C10H20NO.CH3.V.W/c1-7(2)8(3)10(9(4)12)11(5)6;;;/h7-8,10H,1H2,2-6H3;1H3;;/q2*-1;;. The van der Waals surface area contributed by atoms with Gasteiger partial charge in [0.25, 0.3) is 0 Å². The molecule has 0 rings (SSSR count). The third-order valence-electron chi connectivity index (χ3n) is 2.37. The van der Waals surface area contributed by atoms with Gasteiger partial charge in [0.05, 0.1) is 6.04 Å². The van der Waals surface area contributed by atoms with Crippen molar-refractivity contribution in [2.24, 2.45) is 11.8 Å². The first kappa shape index (κ1) is 24.9. The SMILES string of the molecule is [CH2-]C(C)C(C)C(C(C)=O)N(C)C.[CH3-].[V].[W]. The average molecular weight is 420 g/mol. The first-order chi connectivity index (χ1) is 5.37. The second-order valence-corrected chi connectivity index (χ2v) is 3.86. The molecule has 4 heteroatoms. The van der Waals surface area contributed by atoms with Crippen LogP contribution in [0.4, 0.5) is 0 Å². The molecule has 2 nitrogen and oxygen atoms in total. The molecule has 0 aromatic heterocycles. The molecule has 0 saturated heterocycles. The molecular weight excluding hydrogens is 397 g/mol. The van der Waals surface area contributed by atoms with E-state index in [2.05, 4.69) is 13.8 Å². The molecular formula is C11H23NOVW-2. The minimum atomic E-state index is 0. The van der Waals surface area contributed by atoms with Gasteiger partial charge in [0, 0.05) is 39.6 Å². The molecule has 3 atom stereocenters. The molecule has 0 aromatic carbocycles. The number of rotatable bonds is 4. The summed E-state index contributed by atoms with van der Waals surface area (Å²) in [4.78, 5) is 13.2. The van der Waals surface area contributed by atoms with Gasteiger partial charge in [-0.25, -0.2) is 0 Å². The van der Waals surface area contributed by atoms with E-state index in [1.165, 1.54) is 0 Å². The number of ketones is 1. The number of nitrogens with zero attached hydrogens (tertiary/aromatic N) is 1. The third kappa shape index (κ3) is 8.68. The van der Waals surface area contributed by atoms with Gasteiger partial charge in [0.15, 0.2) is 0 Å². The van der Waals surface area contributed by atoms with Crippen molar-refractivity contribution in [3.8, 4) is 0 Å². The Labute approximate surface area is 122 Å². The van der Waals surface area contributed by atoms with E-state index < -0.39 is 0 Å². The zero-order valence-electron chi connectivity index (χ0n) is 10.7. The van der Waals surface area contributed by atoms with E-state index in [-0.39, 0.29) is 58.9 Å². The monoisotopic (exact) mass is 420 g/mol. The fraction of sp³-hybridized carbons (Fsp3) is 0.727. The van der Waals surface area contributed by atoms with Crippen LogP contribution < -0.4 is 0 Å². The minimum absolute atomic E-state index is 0.